The summed E-state index contributed by atoms with van der Waals surface area (Å²) in [5.41, 5.74) is 2.58. The third kappa shape index (κ3) is 8.10. The zero-order valence-corrected chi connectivity index (χ0v) is 18.2. The average molecular weight is 362 g/mol. The van der Waals surface area contributed by atoms with E-state index in [1.54, 1.807) is 0 Å². The van der Waals surface area contributed by atoms with Gasteiger partial charge < -0.3 is 4.74 Å². The summed E-state index contributed by atoms with van der Waals surface area (Å²) in [4.78, 5) is 4.78. The highest BCUT2D eigenvalue weighted by atomic mass is 16.5. The van der Waals surface area contributed by atoms with Gasteiger partial charge in [-0.25, -0.2) is 4.98 Å². The number of aromatic nitrogens is 1. The highest BCUT2D eigenvalue weighted by Gasteiger charge is 2.30. The van der Waals surface area contributed by atoms with Crippen LogP contribution in [-0.4, -0.2) is 11.6 Å². The fourth-order valence-electron chi connectivity index (χ4n) is 3.69. The summed E-state index contributed by atoms with van der Waals surface area (Å²) in [5.74, 6) is 0.895. The lowest BCUT2D eigenvalue weighted by molar-refractivity contribution is 0.276. The maximum absolute atomic E-state index is 6.15. The lowest BCUT2D eigenvalue weighted by atomic mass is 9.74. The van der Waals surface area contributed by atoms with Crippen molar-refractivity contribution in [1.29, 1.82) is 0 Å². The van der Waals surface area contributed by atoms with Crippen molar-refractivity contribution in [3.05, 3.63) is 23.4 Å². The van der Waals surface area contributed by atoms with Gasteiger partial charge in [0, 0.05) is 11.3 Å². The molecule has 0 fully saturated rings. The van der Waals surface area contributed by atoms with Crippen molar-refractivity contribution in [2.24, 2.45) is 0 Å². The van der Waals surface area contributed by atoms with E-state index in [1.165, 1.54) is 69.8 Å². The Hall–Kier alpha value is -1.05. The molecular formula is C24H43NO. The van der Waals surface area contributed by atoms with E-state index >= 15 is 0 Å². The fraction of sp³-hybridized carbons (Fsp3) is 0.792. The summed E-state index contributed by atoms with van der Waals surface area (Å²) < 4.78 is 6.15. The van der Waals surface area contributed by atoms with Crippen LogP contribution in [0.25, 0.3) is 0 Å². The second-order valence-electron chi connectivity index (χ2n) is 8.19. The van der Waals surface area contributed by atoms with Crippen LogP contribution in [0.1, 0.15) is 116 Å². The van der Waals surface area contributed by atoms with E-state index in [9.17, 15) is 0 Å². The predicted molar refractivity (Wildman–Crippen MR) is 114 cm³/mol. The summed E-state index contributed by atoms with van der Waals surface area (Å²) in [6, 6.07) is 4.46. The van der Waals surface area contributed by atoms with Gasteiger partial charge in [-0.05, 0) is 37.7 Å². The monoisotopic (exact) mass is 361 g/mol. The smallest absolute Gasteiger partial charge is 0.217 e. The number of unbranched alkanes of at least 4 members (excludes halogenated alkanes) is 7. The molecule has 0 aliphatic carbocycles. The summed E-state index contributed by atoms with van der Waals surface area (Å²) in [6.07, 6.45) is 15.3. The molecule has 0 atom stereocenters. The van der Waals surface area contributed by atoms with E-state index in [1.807, 2.05) is 0 Å². The van der Waals surface area contributed by atoms with Gasteiger partial charge in [-0.15, -0.1) is 0 Å². The second kappa shape index (κ2) is 13.2. The molecule has 0 aliphatic rings. The Kier molecular flexibility index (Phi) is 11.6. The third-order valence-electron chi connectivity index (χ3n) is 5.55. The van der Waals surface area contributed by atoms with Crippen molar-refractivity contribution in [2.45, 2.75) is 117 Å². The van der Waals surface area contributed by atoms with Gasteiger partial charge in [0.25, 0.3) is 0 Å². The molecule has 1 rings (SSSR count). The van der Waals surface area contributed by atoms with Gasteiger partial charge in [-0.2, -0.15) is 0 Å². The van der Waals surface area contributed by atoms with Crippen LogP contribution in [-0.2, 0) is 5.41 Å². The Morgan fingerprint density at radius 2 is 1.38 bits per heavy atom. The van der Waals surface area contributed by atoms with Gasteiger partial charge in [-0.1, -0.05) is 91.5 Å². The maximum Gasteiger partial charge on any atom is 0.217 e. The van der Waals surface area contributed by atoms with Crippen LogP contribution in [0.3, 0.4) is 0 Å². The SMILES string of the molecule is CCCCCCC(C)(CCCCCC)c1ccc(C)nc1OCCCC. The van der Waals surface area contributed by atoms with E-state index in [4.69, 9.17) is 9.72 Å². The molecule has 0 bridgehead atoms. The summed E-state index contributed by atoms with van der Waals surface area (Å²) in [6.45, 7) is 12.1. The van der Waals surface area contributed by atoms with Gasteiger partial charge in [0.15, 0.2) is 0 Å². The highest BCUT2D eigenvalue weighted by molar-refractivity contribution is 5.35. The van der Waals surface area contributed by atoms with Gasteiger partial charge in [-0.3, -0.25) is 0 Å². The molecule has 26 heavy (non-hydrogen) atoms. The first-order valence-corrected chi connectivity index (χ1v) is 11.2. The van der Waals surface area contributed by atoms with Crippen LogP contribution >= 0.6 is 0 Å². The number of pyridine rings is 1. The molecule has 1 aromatic rings. The molecule has 0 amide bonds. The third-order valence-corrected chi connectivity index (χ3v) is 5.55. The standard InChI is InChI=1S/C24H43NO/c1-6-9-12-14-18-24(5,19-15-13-10-7-2)22-17-16-21(4)25-23(22)26-20-11-8-3/h16-17H,6-15,18-20H2,1-5H3. The van der Waals surface area contributed by atoms with E-state index in [0.717, 1.165) is 31.0 Å². The normalized spacial score (nSPS) is 11.7. The van der Waals surface area contributed by atoms with Crippen LogP contribution in [0, 0.1) is 6.92 Å². The minimum atomic E-state index is 0.184. The van der Waals surface area contributed by atoms with Crippen molar-refractivity contribution in [3.8, 4) is 5.88 Å². The predicted octanol–water partition coefficient (Wildman–Crippen LogP) is 7.77. The van der Waals surface area contributed by atoms with E-state index in [-0.39, 0.29) is 5.41 Å². The Balaban J connectivity index is 2.94. The molecule has 0 saturated heterocycles. The lowest BCUT2D eigenvalue weighted by Gasteiger charge is -2.32. The summed E-state index contributed by atoms with van der Waals surface area (Å²) in [7, 11) is 0. The zero-order chi connectivity index (χ0) is 19.3. The minimum absolute atomic E-state index is 0.184. The number of hydrogen-bond acceptors (Lipinski definition) is 2. The van der Waals surface area contributed by atoms with Gasteiger partial charge in [0.2, 0.25) is 5.88 Å². The Morgan fingerprint density at radius 1 is 0.808 bits per heavy atom. The molecule has 1 heterocycles. The largest absolute Gasteiger partial charge is 0.477 e. The van der Waals surface area contributed by atoms with Crippen LogP contribution in [0.2, 0.25) is 0 Å². The summed E-state index contributed by atoms with van der Waals surface area (Å²) in [5, 5.41) is 0. The van der Waals surface area contributed by atoms with Crippen LogP contribution in [0.4, 0.5) is 0 Å². The van der Waals surface area contributed by atoms with Crippen LogP contribution in [0.15, 0.2) is 12.1 Å². The van der Waals surface area contributed by atoms with E-state index in [0.29, 0.717) is 0 Å². The number of hydrogen-bond donors (Lipinski definition) is 0. The van der Waals surface area contributed by atoms with Crippen LogP contribution < -0.4 is 4.74 Å². The topological polar surface area (TPSA) is 22.1 Å². The van der Waals surface area contributed by atoms with E-state index in [2.05, 4.69) is 46.8 Å². The van der Waals surface area contributed by atoms with Crippen LogP contribution in [0.5, 0.6) is 5.88 Å². The molecule has 0 unspecified atom stereocenters. The number of rotatable bonds is 15. The van der Waals surface area contributed by atoms with Crippen molar-refractivity contribution >= 4 is 0 Å². The molecule has 0 N–H and O–H groups in total. The highest BCUT2D eigenvalue weighted by Crippen LogP contribution is 2.39. The van der Waals surface area contributed by atoms with Gasteiger partial charge >= 0.3 is 0 Å². The fourth-order valence-corrected chi connectivity index (χ4v) is 3.69. The maximum atomic E-state index is 6.15. The zero-order valence-electron chi connectivity index (χ0n) is 18.2. The first-order chi connectivity index (χ1) is 12.6. The molecule has 0 spiro atoms. The molecule has 0 saturated carbocycles. The van der Waals surface area contributed by atoms with Crippen molar-refractivity contribution < 1.29 is 4.74 Å². The molecule has 0 aliphatic heterocycles. The minimum Gasteiger partial charge on any atom is -0.477 e. The number of aryl methyl sites for hydroxylation is 1. The molecule has 1 aromatic heterocycles. The van der Waals surface area contributed by atoms with Gasteiger partial charge in [0.05, 0.1) is 6.61 Å². The number of nitrogens with zero attached hydrogens (tertiary/aromatic N) is 1. The average Bonchev–Trinajstić information content (AvgIpc) is 2.63. The molecule has 150 valence electrons. The first-order valence-electron chi connectivity index (χ1n) is 11.2. The Labute approximate surface area is 163 Å². The molecule has 2 heteroatoms. The molecular weight excluding hydrogens is 318 g/mol. The van der Waals surface area contributed by atoms with Gasteiger partial charge in [0.1, 0.15) is 0 Å². The van der Waals surface area contributed by atoms with E-state index < -0.39 is 0 Å². The molecule has 0 radical (unpaired) electrons. The Bertz CT molecular complexity index is 471. The first kappa shape index (κ1) is 23.0. The van der Waals surface area contributed by atoms with Crippen molar-refractivity contribution in [3.63, 3.8) is 0 Å². The lowest BCUT2D eigenvalue weighted by Crippen LogP contribution is -2.24. The van der Waals surface area contributed by atoms with Crippen molar-refractivity contribution in [1.82, 2.24) is 4.98 Å². The second-order valence-corrected chi connectivity index (χ2v) is 8.19. The molecule has 2 nitrogen and oxygen atoms in total. The number of ether oxygens (including phenoxy) is 1. The van der Waals surface area contributed by atoms with Crippen molar-refractivity contribution in [2.75, 3.05) is 6.61 Å². The molecule has 0 aromatic carbocycles. The Morgan fingerprint density at radius 3 is 1.92 bits per heavy atom. The quantitative estimate of drug-likeness (QED) is 0.298. The summed E-state index contributed by atoms with van der Waals surface area (Å²) >= 11 is 0.